The molecule has 0 radical (unpaired) electrons. The Hall–Kier alpha value is -1.73. The van der Waals surface area contributed by atoms with Crippen molar-refractivity contribution >= 4 is 17.2 Å². The highest BCUT2D eigenvalue weighted by Gasteiger charge is 2.26. The number of piperidine rings is 1. The van der Waals surface area contributed by atoms with E-state index in [0.29, 0.717) is 24.9 Å². The van der Waals surface area contributed by atoms with Crippen LogP contribution in [0.4, 0.5) is 0 Å². The predicted octanol–water partition coefficient (Wildman–Crippen LogP) is 2.11. The zero-order valence-corrected chi connectivity index (χ0v) is 13.4. The molecule has 0 bridgehead atoms. The molecule has 0 saturated carbocycles. The van der Waals surface area contributed by atoms with Gasteiger partial charge in [-0.25, -0.2) is 0 Å². The van der Waals surface area contributed by atoms with Crippen LogP contribution in [-0.2, 0) is 4.79 Å². The summed E-state index contributed by atoms with van der Waals surface area (Å²) < 4.78 is 5.81. The number of amides is 1. The molecule has 1 N–H and O–H groups in total. The fraction of sp³-hybridized carbons (Fsp3) is 0.533. The molecule has 0 aromatic carbocycles. The largest absolute Gasteiger partial charge is 0.420 e. The van der Waals surface area contributed by atoms with E-state index in [4.69, 9.17) is 4.42 Å². The standard InChI is InChI=1S/C15H20N4O2S/c1-2-16-13(20)9-19-6-3-11(4-7-19)14-17-18-15(21-14)12-5-8-22-10-12/h5,8,10-11H,2-4,6-7,9H2,1H3,(H,16,20). The van der Waals surface area contributed by atoms with E-state index in [0.717, 1.165) is 37.4 Å². The summed E-state index contributed by atoms with van der Waals surface area (Å²) in [6.07, 6.45) is 1.90. The molecule has 0 spiro atoms. The third-order valence-corrected chi connectivity index (χ3v) is 4.57. The smallest absolute Gasteiger partial charge is 0.248 e. The molecule has 1 fully saturated rings. The zero-order valence-electron chi connectivity index (χ0n) is 12.6. The number of hydrogen-bond acceptors (Lipinski definition) is 6. The highest BCUT2D eigenvalue weighted by Crippen LogP contribution is 2.29. The lowest BCUT2D eigenvalue weighted by Gasteiger charge is -2.29. The van der Waals surface area contributed by atoms with Crippen molar-refractivity contribution in [2.24, 2.45) is 0 Å². The minimum Gasteiger partial charge on any atom is -0.420 e. The molecule has 1 aliphatic heterocycles. The quantitative estimate of drug-likeness (QED) is 0.913. The van der Waals surface area contributed by atoms with Crippen LogP contribution < -0.4 is 5.32 Å². The van der Waals surface area contributed by atoms with Gasteiger partial charge in [-0.15, -0.1) is 10.2 Å². The molecule has 6 nitrogen and oxygen atoms in total. The summed E-state index contributed by atoms with van der Waals surface area (Å²) in [6, 6.07) is 1.98. The van der Waals surface area contributed by atoms with E-state index in [1.165, 1.54) is 0 Å². The molecule has 1 aliphatic rings. The van der Waals surface area contributed by atoms with Crippen LogP contribution in [0.25, 0.3) is 11.5 Å². The molecule has 0 unspecified atom stereocenters. The lowest BCUT2D eigenvalue weighted by molar-refractivity contribution is -0.122. The number of rotatable bonds is 5. The summed E-state index contributed by atoms with van der Waals surface area (Å²) in [5.74, 6) is 1.71. The number of likely N-dealkylation sites (tertiary alicyclic amines) is 1. The van der Waals surface area contributed by atoms with Crippen LogP contribution >= 0.6 is 11.3 Å². The van der Waals surface area contributed by atoms with E-state index in [2.05, 4.69) is 20.4 Å². The Morgan fingerprint density at radius 1 is 1.45 bits per heavy atom. The topological polar surface area (TPSA) is 71.3 Å². The molecule has 1 amide bonds. The first-order valence-corrected chi connectivity index (χ1v) is 8.55. The summed E-state index contributed by atoms with van der Waals surface area (Å²) in [5.41, 5.74) is 0.984. The van der Waals surface area contributed by atoms with Crippen molar-refractivity contribution < 1.29 is 9.21 Å². The number of nitrogens with one attached hydrogen (secondary N) is 1. The molecule has 0 atom stereocenters. The average Bonchev–Trinajstić information content (AvgIpc) is 3.19. The van der Waals surface area contributed by atoms with Crippen molar-refractivity contribution in [3.8, 4) is 11.5 Å². The van der Waals surface area contributed by atoms with Gasteiger partial charge in [0, 0.05) is 23.4 Å². The molecule has 3 rings (SSSR count). The second-order valence-corrected chi connectivity index (χ2v) is 6.24. The number of nitrogens with zero attached hydrogens (tertiary/aromatic N) is 3. The molecule has 1 saturated heterocycles. The molecule has 2 aromatic rings. The van der Waals surface area contributed by atoms with Crippen LogP contribution in [0.2, 0.25) is 0 Å². The number of carbonyl (C=O) groups is 1. The summed E-state index contributed by atoms with van der Waals surface area (Å²) in [6.45, 7) is 4.87. The van der Waals surface area contributed by atoms with Crippen LogP contribution in [0.3, 0.4) is 0 Å². The van der Waals surface area contributed by atoms with Gasteiger partial charge in [0.2, 0.25) is 17.7 Å². The number of likely N-dealkylation sites (N-methyl/N-ethyl adjacent to an activating group) is 1. The molecule has 22 heavy (non-hydrogen) atoms. The summed E-state index contributed by atoms with van der Waals surface area (Å²) >= 11 is 1.62. The van der Waals surface area contributed by atoms with Gasteiger partial charge < -0.3 is 9.73 Å². The monoisotopic (exact) mass is 320 g/mol. The predicted molar refractivity (Wildman–Crippen MR) is 84.7 cm³/mol. The Balaban J connectivity index is 1.54. The lowest BCUT2D eigenvalue weighted by Crippen LogP contribution is -2.41. The van der Waals surface area contributed by atoms with E-state index in [9.17, 15) is 4.79 Å². The van der Waals surface area contributed by atoms with Gasteiger partial charge in [0.1, 0.15) is 0 Å². The lowest BCUT2D eigenvalue weighted by atomic mass is 9.97. The maximum absolute atomic E-state index is 11.6. The van der Waals surface area contributed by atoms with Gasteiger partial charge in [-0.2, -0.15) is 11.3 Å². The second-order valence-electron chi connectivity index (χ2n) is 5.46. The van der Waals surface area contributed by atoms with E-state index < -0.39 is 0 Å². The van der Waals surface area contributed by atoms with Crippen molar-refractivity contribution in [2.45, 2.75) is 25.7 Å². The minimum absolute atomic E-state index is 0.0958. The molecular formula is C15H20N4O2S. The van der Waals surface area contributed by atoms with Crippen molar-refractivity contribution in [3.05, 3.63) is 22.7 Å². The maximum Gasteiger partial charge on any atom is 0.248 e. The van der Waals surface area contributed by atoms with Gasteiger partial charge in [0.15, 0.2) is 0 Å². The Morgan fingerprint density at radius 3 is 2.95 bits per heavy atom. The average molecular weight is 320 g/mol. The summed E-state index contributed by atoms with van der Waals surface area (Å²) in [7, 11) is 0. The first-order chi connectivity index (χ1) is 10.8. The van der Waals surface area contributed by atoms with E-state index >= 15 is 0 Å². The van der Waals surface area contributed by atoms with Crippen LogP contribution in [-0.4, -0.2) is 47.2 Å². The van der Waals surface area contributed by atoms with Crippen molar-refractivity contribution in [3.63, 3.8) is 0 Å². The van der Waals surface area contributed by atoms with Gasteiger partial charge in [0.25, 0.3) is 0 Å². The molecular weight excluding hydrogens is 300 g/mol. The fourth-order valence-corrected chi connectivity index (χ4v) is 3.33. The molecule has 7 heteroatoms. The van der Waals surface area contributed by atoms with E-state index in [1.807, 2.05) is 23.8 Å². The van der Waals surface area contributed by atoms with Gasteiger partial charge in [0.05, 0.1) is 6.54 Å². The van der Waals surface area contributed by atoms with Crippen molar-refractivity contribution in [1.82, 2.24) is 20.4 Å². The van der Waals surface area contributed by atoms with E-state index in [-0.39, 0.29) is 5.91 Å². The molecule has 0 aliphatic carbocycles. The molecule has 118 valence electrons. The third kappa shape index (κ3) is 3.53. The zero-order chi connectivity index (χ0) is 15.4. The van der Waals surface area contributed by atoms with Crippen molar-refractivity contribution in [1.29, 1.82) is 0 Å². The summed E-state index contributed by atoms with van der Waals surface area (Å²) in [5, 5.41) is 15.2. The SMILES string of the molecule is CCNC(=O)CN1CCC(c2nnc(-c3ccsc3)o2)CC1. The number of aromatic nitrogens is 2. The third-order valence-electron chi connectivity index (χ3n) is 3.89. The highest BCUT2D eigenvalue weighted by atomic mass is 32.1. The van der Waals surface area contributed by atoms with Crippen LogP contribution in [0, 0.1) is 0 Å². The van der Waals surface area contributed by atoms with Crippen LogP contribution in [0.15, 0.2) is 21.2 Å². The Labute approximate surface area is 133 Å². The highest BCUT2D eigenvalue weighted by molar-refractivity contribution is 7.08. The number of thiophene rings is 1. The molecule has 3 heterocycles. The van der Waals surface area contributed by atoms with Crippen LogP contribution in [0.5, 0.6) is 0 Å². The Bertz CT molecular complexity index is 603. The number of carbonyl (C=O) groups excluding carboxylic acids is 1. The second kappa shape index (κ2) is 7.02. The fourth-order valence-electron chi connectivity index (χ4n) is 2.70. The number of hydrogen-bond donors (Lipinski definition) is 1. The minimum atomic E-state index is 0.0958. The molecule has 2 aromatic heterocycles. The summed E-state index contributed by atoms with van der Waals surface area (Å²) in [4.78, 5) is 13.8. The Morgan fingerprint density at radius 2 is 2.27 bits per heavy atom. The van der Waals surface area contributed by atoms with Gasteiger partial charge in [-0.05, 0) is 44.3 Å². The normalized spacial score (nSPS) is 16.8. The van der Waals surface area contributed by atoms with E-state index in [1.54, 1.807) is 11.3 Å². The van der Waals surface area contributed by atoms with Crippen molar-refractivity contribution in [2.75, 3.05) is 26.2 Å². The Kier molecular flexibility index (Phi) is 4.84. The first-order valence-electron chi connectivity index (χ1n) is 7.61. The van der Waals surface area contributed by atoms with Gasteiger partial charge >= 0.3 is 0 Å². The maximum atomic E-state index is 11.6. The van der Waals surface area contributed by atoms with Crippen LogP contribution in [0.1, 0.15) is 31.6 Å². The van der Waals surface area contributed by atoms with Gasteiger partial charge in [-0.3, -0.25) is 9.69 Å². The van der Waals surface area contributed by atoms with Gasteiger partial charge in [-0.1, -0.05) is 0 Å². The first kappa shape index (κ1) is 15.2.